The Labute approximate surface area is 200 Å². The van der Waals surface area contributed by atoms with Crippen LogP contribution in [0.1, 0.15) is 44.2 Å². The maximum absolute atomic E-state index is 5.98. The van der Waals surface area contributed by atoms with Gasteiger partial charge in [0, 0.05) is 53.6 Å². The van der Waals surface area contributed by atoms with Gasteiger partial charge in [0.25, 0.3) is 0 Å². The number of aliphatic imine (C=N–C) groups is 1. The van der Waals surface area contributed by atoms with Gasteiger partial charge in [-0.15, -0.1) is 24.0 Å². The average molecular weight is 533 g/mol. The van der Waals surface area contributed by atoms with Gasteiger partial charge in [-0.05, 0) is 43.5 Å². The lowest BCUT2D eigenvalue weighted by molar-refractivity contribution is 0.00989. The summed E-state index contributed by atoms with van der Waals surface area (Å²) in [6.07, 6.45) is 3.42. The largest absolute Gasteiger partial charge is 0.385 e. The molecule has 0 amide bonds. The van der Waals surface area contributed by atoms with Crippen molar-refractivity contribution in [3.05, 3.63) is 35.4 Å². The molecule has 1 aromatic carbocycles. The highest BCUT2D eigenvalue weighted by atomic mass is 127. The first-order valence-electron chi connectivity index (χ1n) is 11.1. The molecule has 1 N–H and O–H groups in total. The number of methoxy groups -OCH3 is 1. The molecule has 1 aliphatic rings. The van der Waals surface area contributed by atoms with E-state index in [1.807, 2.05) is 7.05 Å². The zero-order valence-corrected chi connectivity index (χ0v) is 21.6. The Balaban J connectivity index is 0.00000450. The Kier molecular flexibility index (Phi) is 14.3. The molecule has 1 aliphatic heterocycles. The van der Waals surface area contributed by atoms with Crippen LogP contribution in [0.15, 0.2) is 29.3 Å². The van der Waals surface area contributed by atoms with E-state index in [0.29, 0.717) is 6.10 Å². The molecule has 0 spiro atoms. The summed E-state index contributed by atoms with van der Waals surface area (Å²) in [7, 11) is 3.61. The second-order valence-corrected chi connectivity index (χ2v) is 7.53. The molecule has 172 valence electrons. The van der Waals surface area contributed by atoms with Crippen LogP contribution in [0.4, 0.5) is 0 Å². The van der Waals surface area contributed by atoms with Gasteiger partial charge in [0.1, 0.15) is 0 Å². The molecule has 2 rings (SSSR count). The molecule has 1 heterocycles. The number of benzene rings is 1. The Morgan fingerprint density at radius 3 is 2.40 bits per heavy atom. The maximum Gasteiger partial charge on any atom is 0.193 e. The minimum absolute atomic E-state index is 0. The van der Waals surface area contributed by atoms with Gasteiger partial charge in [-0.25, -0.2) is 0 Å². The normalized spacial score (nSPS) is 15.4. The van der Waals surface area contributed by atoms with Crippen LogP contribution in [0, 0.1) is 0 Å². The second-order valence-electron chi connectivity index (χ2n) is 7.53. The van der Waals surface area contributed by atoms with Crippen molar-refractivity contribution in [3.8, 4) is 0 Å². The Bertz CT molecular complexity index is 603. The van der Waals surface area contributed by atoms with Crippen molar-refractivity contribution in [3.63, 3.8) is 0 Å². The van der Waals surface area contributed by atoms with Crippen molar-refractivity contribution in [1.29, 1.82) is 0 Å². The lowest BCUT2D eigenvalue weighted by Crippen LogP contribution is -2.46. The van der Waals surface area contributed by atoms with Gasteiger partial charge in [0.05, 0.1) is 6.10 Å². The van der Waals surface area contributed by atoms with Gasteiger partial charge >= 0.3 is 0 Å². The Hall–Kier alpha value is -0.900. The van der Waals surface area contributed by atoms with E-state index in [1.165, 1.54) is 11.1 Å². The number of hydrogen-bond donors (Lipinski definition) is 1. The molecule has 0 saturated carbocycles. The maximum atomic E-state index is 5.98. The molecular weight excluding hydrogens is 491 g/mol. The third-order valence-electron chi connectivity index (χ3n) is 5.64. The number of halogens is 1. The quantitative estimate of drug-likeness (QED) is 0.204. The summed E-state index contributed by atoms with van der Waals surface area (Å²) in [5, 5.41) is 3.58. The number of ether oxygens (including phenoxy) is 2. The fraction of sp³-hybridized carbons (Fsp3) is 0.696. The zero-order chi connectivity index (χ0) is 20.9. The molecule has 0 atom stereocenters. The molecular formula is C23H41IN4O2. The van der Waals surface area contributed by atoms with Gasteiger partial charge in [-0.3, -0.25) is 9.89 Å². The van der Waals surface area contributed by atoms with Crippen molar-refractivity contribution in [2.75, 3.05) is 53.6 Å². The molecule has 1 aromatic rings. The van der Waals surface area contributed by atoms with Crippen molar-refractivity contribution in [2.24, 2.45) is 4.99 Å². The molecule has 7 heteroatoms. The molecule has 0 bridgehead atoms. The van der Waals surface area contributed by atoms with Gasteiger partial charge in [0.15, 0.2) is 5.96 Å². The summed E-state index contributed by atoms with van der Waals surface area (Å²) in [6, 6.07) is 8.72. The van der Waals surface area contributed by atoms with Crippen LogP contribution in [-0.4, -0.2) is 75.4 Å². The van der Waals surface area contributed by atoms with Crippen LogP contribution in [0.2, 0.25) is 0 Å². The zero-order valence-electron chi connectivity index (χ0n) is 19.2. The van der Waals surface area contributed by atoms with Crippen molar-refractivity contribution in [2.45, 2.75) is 52.3 Å². The standard InChI is InChI=1S/C23H40N4O2.HI/c1-5-26(6-2)19-21-11-8-7-10-20(21)18-25-23(24-3)27-14-12-22(13-15-27)29-17-9-16-28-4;/h7-8,10-11,22H,5-6,9,12-19H2,1-4H3,(H,24,25);1H. The van der Waals surface area contributed by atoms with Crippen LogP contribution in [0.5, 0.6) is 0 Å². The molecule has 0 radical (unpaired) electrons. The van der Waals surface area contributed by atoms with E-state index in [2.05, 4.69) is 58.2 Å². The number of nitrogens with one attached hydrogen (secondary N) is 1. The second kappa shape index (κ2) is 15.8. The number of piperidine rings is 1. The predicted octanol–water partition coefficient (Wildman–Crippen LogP) is 3.74. The Morgan fingerprint density at radius 1 is 1.13 bits per heavy atom. The minimum Gasteiger partial charge on any atom is -0.385 e. The highest BCUT2D eigenvalue weighted by Crippen LogP contribution is 2.15. The summed E-state index contributed by atoms with van der Waals surface area (Å²) < 4.78 is 11.1. The van der Waals surface area contributed by atoms with Gasteiger partial charge < -0.3 is 19.7 Å². The van der Waals surface area contributed by atoms with E-state index in [1.54, 1.807) is 7.11 Å². The van der Waals surface area contributed by atoms with E-state index in [0.717, 1.165) is 77.7 Å². The van der Waals surface area contributed by atoms with Gasteiger partial charge in [-0.2, -0.15) is 0 Å². The van der Waals surface area contributed by atoms with Gasteiger partial charge in [-0.1, -0.05) is 38.1 Å². The molecule has 0 aromatic heterocycles. The highest BCUT2D eigenvalue weighted by Gasteiger charge is 2.22. The first kappa shape index (κ1) is 27.1. The predicted molar refractivity (Wildman–Crippen MR) is 136 cm³/mol. The first-order chi connectivity index (χ1) is 14.2. The fourth-order valence-electron chi connectivity index (χ4n) is 3.77. The monoisotopic (exact) mass is 532 g/mol. The van der Waals surface area contributed by atoms with Crippen LogP contribution in [0.25, 0.3) is 0 Å². The van der Waals surface area contributed by atoms with Gasteiger partial charge in [0.2, 0.25) is 0 Å². The Morgan fingerprint density at radius 2 is 1.80 bits per heavy atom. The molecule has 1 fully saturated rings. The van der Waals surface area contributed by atoms with Crippen LogP contribution >= 0.6 is 24.0 Å². The van der Waals surface area contributed by atoms with E-state index in [-0.39, 0.29) is 24.0 Å². The third-order valence-corrected chi connectivity index (χ3v) is 5.64. The molecule has 0 unspecified atom stereocenters. The minimum atomic E-state index is 0. The van der Waals surface area contributed by atoms with Crippen LogP contribution < -0.4 is 5.32 Å². The number of rotatable bonds is 11. The average Bonchev–Trinajstić information content (AvgIpc) is 2.77. The summed E-state index contributed by atoms with van der Waals surface area (Å²) in [4.78, 5) is 9.32. The summed E-state index contributed by atoms with van der Waals surface area (Å²) >= 11 is 0. The lowest BCUT2D eigenvalue weighted by Gasteiger charge is -2.34. The molecule has 6 nitrogen and oxygen atoms in total. The summed E-state index contributed by atoms with van der Waals surface area (Å²) in [5.74, 6) is 0.987. The number of nitrogens with zero attached hydrogens (tertiary/aromatic N) is 3. The number of likely N-dealkylation sites (tertiary alicyclic amines) is 1. The SMILES string of the molecule is CCN(CC)Cc1ccccc1CNC(=NC)N1CCC(OCCCOC)CC1.I. The summed E-state index contributed by atoms with van der Waals surface area (Å²) in [6.45, 7) is 11.9. The van der Waals surface area contributed by atoms with E-state index < -0.39 is 0 Å². The summed E-state index contributed by atoms with van der Waals surface area (Å²) in [5.41, 5.74) is 2.74. The highest BCUT2D eigenvalue weighted by molar-refractivity contribution is 14.0. The number of hydrogen-bond acceptors (Lipinski definition) is 4. The first-order valence-corrected chi connectivity index (χ1v) is 11.1. The molecule has 1 saturated heterocycles. The van der Waals surface area contributed by atoms with Crippen LogP contribution in [-0.2, 0) is 22.6 Å². The fourth-order valence-corrected chi connectivity index (χ4v) is 3.77. The van der Waals surface area contributed by atoms with Crippen LogP contribution in [0.3, 0.4) is 0 Å². The third kappa shape index (κ3) is 9.08. The van der Waals surface area contributed by atoms with Crippen molar-refractivity contribution < 1.29 is 9.47 Å². The smallest absolute Gasteiger partial charge is 0.193 e. The van der Waals surface area contributed by atoms with E-state index in [9.17, 15) is 0 Å². The van der Waals surface area contributed by atoms with Crippen molar-refractivity contribution in [1.82, 2.24) is 15.1 Å². The topological polar surface area (TPSA) is 49.3 Å². The molecule has 30 heavy (non-hydrogen) atoms. The van der Waals surface area contributed by atoms with E-state index >= 15 is 0 Å². The number of guanidine groups is 1. The van der Waals surface area contributed by atoms with Crippen molar-refractivity contribution >= 4 is 29.9 Å². The van der Waals surface area contributed by atoms with E-state index in [4.69, 9.17) is 9.47 Å². The molecule has 0 aliphatic carbocycles. The lowest BCUT2D eigenvalue weighted by atomic mass is 10.1.